The molecule has 242 valence electrons. The van der Waals surface area contributed by atoms with E-state index in [-0.39, 0.29) is 90.6 Å². The van der Waals surface area contributed by atoms with E-state index in [0.29, 0.717) is 0 Å². The average Bonchev–Trinajstić information content (AvgIpc) is 3.30. The fourth-order valence-electron chi connectivity index (χ4n) is 5.63. The molecule has 14 nitrogen and oxygen atoms in total. The molecule has 0 saturated carbocycles. The molecule has 17 heteroatoms. The van der Waals surface area contributed by atoms with Gasteiger partial charge in [0.15, 0.2) is 12.2 Å². The second-order valence-electron chi connectivity index (χ2n) is 10.5. The molecule has 1 amide bonds. The Labute approximate surface area is 298 Å². The van der Waals surface area contributed by atoms with E-state index in [0.717, 1.165) is 0 Å². The largest absolute Gasteiger partial charge is 1.00 e. The molecule has 0 aliphatic carbocycles. The van der Waals surface area contributed by atoms with Gasteiger partial charge < -0.3 is 54.5 Å². The Kier molecular flexibility index (Phi) is 9.91. The minimum absolute atomic E-state index is 0. The van der Waals surface area contributed by atoms with Crippen LogP contribution in [0.25, 0.3) is 0 Å². The number of carbonyl (C=O) groups is 3. The van der Waals surface area contributed by atoms with Gasteiger partial charge in [0, 0.05) is 35.7 Å². The number of carboxylic acids is 1. The molecule has 3 aromatic carbocycles. The van der Waals surface area contributed by atoms with Gasteiger partial charge in [-0.15, -0.1) is 0 Å². The number of benzene rings is 3. The molecule has 0 radical (unpaired) electrons. The summed E-state index contributed by atoms with van der Waals surface area (Å²) >= 11 is 12.8. The summed E-state index contributed by atoms with van der Waals surface area (Å²) in [5, 5.41) is 52.6. The van der Waals surface area contributed by atoms with E-state index < -0.39 is 67.3 Å². The zero-order valence-corrected chi connectivity index (χ0v) is 28.0. The summed E-state index contributed by atoms with van der Waals surface area (Å²) in [6, 6.07) is 8.33. The van der Waals surface area contributed by atoms with Crippen LogP contribution in [0.2, 0.25) is 10.0 Å². The third-order valence-electron chi connectivity index (χ3n) is 7.61. The number of aliphatic carboxylic acids is 1. The minimum atomic E-state index is -1.81. The van der Waals surface area contributed by atoms with Crippen LogP contribution in [-0.4, -0.2) is 80.9 Å². The van der Waals surface area contributed by atoms with Gasteiger partial charge in [-0.1, -0.05) is 35.3 Å². The van der Waals surface area contributed by atoms with E-state index >= 15 is 0 Å². The summed E-state index contributed by atoms with van der Waals surface area (Å²) in [6.07, 6.45) is -4.98. The second kappa shape index (κ2) is 13.3. The fraction of sp³-hybridized carbons (Fsp3) is 0.267. The van der Waals surface area contributed by atoms with Gasteiger partial charge in [-0.2, -0.15) is 0 Å². The monoisotopic (exact) mass is 699 g/mol. The van der Waals surface area contributed by atoms with E-state index in [1.54, 1.807) is 6.07 Å². The molecule has 1 fully saturated rings. The summed E-state index contributed by atoms with van der Waals surface area (Å²) in [5.41, 5.74) is -1.34. The molecule has 1 spiro atoms. The van der Waals surface area contributed by atoms with Gasteiger partial charge in [-0.3, -0.25) is 4.79 Å². The summed E-state index contributed by atoms with van der Waals surface area (Å²) < 4.78 is 29.0. The van der Waals surface area contributed by atoms with Crippen molar-refractivity contribution in [1.29, 1.82) is 0 Å². The van der Waals surface area contributed by atoms with Crippen LogP contribution >= 0.6 is 23.2 Å². The number of phenolic OH excluding ortho intramolecular Hbond substituents is 1. The second-order valence-corrected chi connectivity index (χ2v) is 11.3. The zero-order valence-electron chi connectivity index (χ0n) is 24.5. The number of ether oxygens (including phenoxy) is 5. The number of rotatable bonds is 7. The third kappa shape index (κ3) is 5.98. The van der Waals surface area contributed by atoms with E-state index in [4.69, 9.17) is 52.0 Å². The van der Waals surface area contributed by atoms with Crippen molar-refractivity contribution in [3.63, 3.8) is 0 Å². The predicted octanol–water partition coefficient (Wildman–Crippen LogP) is -0.780. The number of hydrogen-bond acceptors (Lipinski definition) is 12. The SMILES string of the molecule is CC(=O)N[C@H]1[C-](Oc2cccc3c2C(=O)OC32c3cc(Cl)c(O)cc3Oc3cc(OCC(=O)O)c(Cl)cc32)O[C@H](CO)[C@@H](O)[C@@H]1O.[Na+]. The van der Waals surface area contributed by atoms with Crippen LogP contribution in [0.1, 0.15) is 34.0 Å². The minimum Gasteiger partial charge on any atom is -0.629 e. The van der Waals surface area contributed by atoms with E-state index in [1.165, 1.54) is 43.3 Å². The van der Waals surface area contributed by atoms with Crippen LogP contribution in [0.15, 0.2) is 42.5 Å². The van der Waals surface area contributed by atoms with Gasteiger partial charge in [0.25, 0.3) is 0 Å². The van der Waals surface area contributed by atoms with Crippen LogP contribution in [0, 0.1) is 6.29 Å². The Morgan fingerprint density at radius 2 is 1.70 bits per heavy atom. The number of fused-ring (bicyclic) bond motifs is 6. The number of aromatic hydroxyl groups is 1. The Morgan fingerprint density at radius 1 is 1.02 bits per heavy atom. The molecule has 47 heavy (non-hydrogen) atoms. The van der Waals surface area contributed by atoms with Crippen molar-refractivity contribution < 1.29 is 93.2 Å². The van der Waals surface area contributed by atoms with Crippen LogP contribution in [-0.2, 0) is 24.7 Å². The number of phenols is 1. The first-order valence-corrected chi connectivity index (χ1v) is 14.3. The third-order valence-corrected chi connectivity index (χ3v) is 8.21. The molecule has 6 N–H and O–H groups in total. The van der Waals surface area contributed by atoms with E-state index in [2.05, 4.69) is 5.32 Å². The molecular formula is C30H24Cl2NNaO13. The Morgan fingerprint density at radius 3 is 2.36 bits per heavy atom. The van der Waals surface area contributed by atoms with Crippen molar-refractivity contribution >= 4 is 41.0 Å². The predicted molar refractivity (Wildman–Crippen MR) is 155 cm³/mol. The molecule has 3 heterocycles. The number of carbonyl (C=O) groups excluding carboxylic acids is 2. The number of halogens is 2. The summed E-state index contributed by atoms with van der Waals surface area (Å²) in [5.74, 6) is -3.20. The van der Waals surface area contributed by atoms with E-state index in [9.17, 15) is 34.8 Å². The van der Waals surface area contributed by atoms with Crippen molar-refractivity contribution in [2.24, 2.45) is 0 Å². The number of amides is 1. The van der Waals surface area contributed by atoms with Gasteiger partial charge in [0.2, 0.25) is 5.91 Å². The maximum atomic E-state index is 13.8. The first-order chi connectivity index (χ1) is 21.8. The summed E-state index contributed by atoms with van der Waals surface area (Å²) in [4.78, 5) is 36.8. The molecule has 5 atom stereocenters. The topological polar surface area (TPSA) is 211 Å². The van der Waals surface area contributed by atoms with Gasteiger partial charge in [0.1, 0.15) is 40.4 Å². The molecule has 3 aliphatic heterocycles. The first kappa shape index (κ1) is 35.0. The molecule has 3 aromatic rings. The number of aliphatic hydroxyl groups is 3. The Hall–Kier alpha value is -3.31. The van der Waals surface area contributed by atoms with Gasteiger partial charge in [-0.05, 0) is 30.5 Å². The summed E-state index contributed by atoms with van der Waals surface area (Å²) in [6.45, 7) is -0.253. The number of hydrogen-bond donors (Lipinski definition) is 6. The van der Waals surface area contributed by atoms with Crippen LogP contribution in [0.3, 0.4) is 0 Å². The average molecular weight is 700 g/mol. The quantitative estimate of drug-likeness (QED) is 0.102. The maximum Gasteiger partial charge on any atom is 1.00 e. The Balaban J connectivity index is 0.00000433. The van der Waals surface area contributed by atoms with Gasteiger partial charge in [0.05, 0.1) is 28.9 Å². The molecule has 1 saturated heterocycles. The van der Waals surface area contributed by atoms with Crippen molar-refractivity contribution in [2.45, 2.75) is 36.9 Å². The zero-order chi connectivity index (χ0) is 33.1. The van der Waals surface area contributed by atoms with Gasteiger partial charge in [-0.25, -0.2) is 9.59 Å². The summed E-state index contributed by atoms with van der Waals surface area (Å²) in [7, 11) is 0. The fourth-order valence-corrected chi connectivity index (χ4v) is 6.01. The number of esters is 1. The van der Waals surface area contributed by atoms with E-state index in [1.807, 2.05) is 0 Å². The van der Waals surface area contributed by atoms with Crippen molar-refractivity contribution in [2.75, 3.05) is 13.2 Å². The van der Waals surface area contributed by atoms with Crippen molar-refractivity contribution in [3.05, 3.63) is 81.1 Å². The normalized spacial score (nSPS) is 24.2. The molecule has 0 aromatic heterocycles. The van der Waals surface area contributed by atoms with Crippen LogP contribution < -0.4 is 49.1 Å². The number of aliphatic hydroxyl groups excluding tert-OH is 3. The van der Waals surface area contributed by atoms with Crippen molar-refractivity contribution in [1.82, 2.24) is 5.32 Å². The smallest absolute Gasteiger partial charge is 0.629 e. The molecule has 6 rings (SSSR count). The Bertz CT molecular complexity index is 1770. The van der Waals surface area contributed by atoms with Crippen LogP contribution in [0.4, 0.5) is 0 Å². The number of carboxylic acid groups (broad SMARTS) is 1. The molecule has 3 aliphatic rings. The van der Waals surface area contributed by atoms with Gasteiger partial charge >= 0.3 is 41.5 Å². The molecule has 1 unspecified atom stereocenters. The molecule has 0 bridgehead atoms. The van der Waals surface area contributed by atoms with Crippen LogP contribution in [0.5, 0.6) is 28.7 Å². The maximum absolute atomic E-state index is 13.8. The molecular weight excluding hydrogens is 676 g/mol. The first-order valence-electron chi connectivity index (χ1n) is 13.6. The van der Waals surface area contributed by atoms with Crippen molar-refractivity contribution in [3.8, 4) is 28.7 Å². The number of nitrogens with one attached hydrogen (secondary N) is 1. The standard InChI is InChI=1S/C30H24Cl2NO13.Na/c1-11(35)33-25-27(40)26(39)22(9-34)45-29(25)44-18-4-2-3-12-24(18)28(41)46-30(12)13-5-15(31)17(36)7-19(13)43-20-8-21(42-10-23(37)38)16(32)6-14(20)30;/h2-8,22,25-27,34,36,39-40H,9-10H2,1H3,(H,33,35)(H,37,38);/q-1;+1/t22-,25-,26-,27-,30?;/m1./s1.